The third kappa shape index (κ3) is 3.03. The van der Waals surface area contributed by atoms with Crippen LogP contribution in [0.25, 0.3) is 11.0 Å². The number of nitrogens with one attached hydrogen (secondary N) is 1. The fourth-order valence-electron chi connectivity index (χ4n) is 3.09. The second kappa shape index (κ2) is 6.05. The Labute approximate surface area is 144 Å². The summed E-state index contributed by atoms with van der Waals surface area (Å²) in [5.74, 6) is 0.447. The number of carbonyl (C=O) groups is 1. The minimum absolute atomic E-state index is 0.153. The Morgan fingerprint density at radius 2 is 1.92 bits per heavy atom. The number of fused-ring (bicyclic) bond motifs is 1. The van der Waals surface area contributed by atoms with Crippen molar-refractivity contribution in [3.8, 4) is 0 Å². The number of piperidine rings is 1. The zero-order valence-corrected chi connectivity index (χ0v) is 14.6. The van der Waals surface area contributed by atoms with Crippen molar-refractivity contribution in [2.75, 3.05) is 13.1 Å². The summed E-state index contributed by atoms with van der Waals surface area (Å²) in [5, 5.41) is 0. The second-order valence-corrected chi connectivity index (χ2v) is 8.59. The molecule has 1 amide bonds. The van der Waals surface area contributed by atoms with Gasteiger partial charge in [0.05, 0.1) is 11.7 Å². The Morgan fingerprint density at radius 1 is 1.17 bits per heavy atom. The van der Waals surface area contributed by atoms with Crippen LogP contribution in [0.1, 0.15) is 25.7 Å². The van der Waals surface area contributed by atoms with E-state index in [1.54, 1.807) is 18.2 Å². The average molecular weight is 366 g/mol. The normalized spacial score (nSPS) is 19.8. The van der Waals surface area contributed by atoms with E-state index in [9.17, 15) is 13.2 Å². The van der Waals surface area contributed by atoms with Gasteiger partial charge in [0.15, 0.2) is 0 Å². The molecule has 4 rings (SSSR count). The molecule has 0 unspecified atom stereocenters. The molecule has 7 nitrogen and oxygen atoms in total. The van der Waals surface area contributed by atoms with Crippen LogP contribution in [0.3, 0.4) is 0 Å². The highest BCUT2D eigenvalue weighted by molar-refractivity contribution is 7.89. The lowest BCUT2D eigenvalue weighted by Crippen LogP contribution is -2.46. The molecule has 1 N–H and O–H groups in total. The van der Waals surface area contributed by atoms with Gasteiger partial charge in [-0.2, -0.15) is 8.75 Å². The van der Waals surface area contributed by atoms with Crippen LogP contribution in [0, 0.1) is 5.92 Å². The third-order valence-corrected chi connectivity index (χ3v) is 6.69. The number of hydrogen-bond acceptors (Lipinski definition) is 6. The maximum atomic E-state index is 12.7. The van der Waals surface area contributed by atoms with Crippen molar-refractivity contribution in [2.45, 2.75) is 36.6 Å². The van der Waals surface area contributed by atoms with Gasteiger partial charge in [-0.3, -0.25) is 4.79 Å². The summed E-state index contributed by atoms with van der Waals surface area (Å²) in [7, 11) is -3.65. The summed E-state index contributed by atoms with van der Waals surface area (Å²) < 4.78 is 36.3. The van der Waals surface area contributed by atoms with E-state index in [4.69, 9.17) is 0 Å². The van der Waals surface area contributed by atoms with Crippen molar-refractivity contribution in [3.05, 3.63) is 18.2 Å². The fraction of sp³-hybridized carbons (Fsp3) is 0.533. The zero-order chi connectivity index (χ0) is 16.7. The van der Waals surface area contributed by atoms with E-state index in [0.29, 0.717) is 37.0 Å². The van der Waals surface area contributed by atoms with E-state index in [1.807, 2.05) is 4.90 Å². The molecular weight excluding hydrogens is 348 g/mol. The van der Waals surface area contributed by atoms with Crippen molar-refractivity contribution >= 4 is 38.7 Å². The molecule has 0 atom stereocenters. The first-order valence-corrected chi connectivity index (χ1v) is 10.3. The molecule has 1 saturated heterocycles. The predicted molar refractivity (Wildman–Crippen MR) is 90.1 cm³/mol. The first kappa shape index (κ1) is 15.9. The molecule has 1 aliphatic carbocycles. The summed E-state index contributed by atoms with van der Waals surface area (Å²) in [6, 6.07) is 4.83. The van der Waals surface area contributed by atoms with Crippen LogP contribution in [0.15, 0.2) is 23.1 Å². The van der Waals surface area contributed by atoms with Crippen LogP contribution in [-0.2, 0) is 14.8 Å². The van der Waals surface area contributed by atoms with Gasteiger partial charge in [-0.05, 0) is 37.8 Å². The Hall–Kier alpha value is -1.58. The Balaban J connectivity index is 1.45. The van der Waals surface area contributed by atoms with Crippen LogP contribution in [0.2, 0.25) is 0 Å². The lowest BCUT2D eigenvalue weighted by molar-refractivity contribution is -0.133. The monoisotopic (exact) mass is 366 g/mol. The first-order valence-electron chi connectivity index (χ1n) is 8.07. The Bertz CT molecular complexity index is 868. The number of hydrogen-bond donors (Lipinski definition) is 1. The van der Waals surface area contributed by atoms with Gasteiger partial charge in [-0.1, -0.05) is 6.07 Å². The third-order valence-electron chi connectivity index (χ3n) is 4.59. The van der Waals surface area contributed by atoms with Crippen LogP contribution < -0.4 is 4.72 Å². The van der Waals surface area contributed by atoms with Gasteiger partial charge in [0.1, 0.15) is 15.9 Å². The van der Waals surface area contributed by atoms with Crippen LogP contribution in [0.5, 0.6) is 0 Å². The standard InChI is InChI=1S/C15H18N4O3S2/c20-15(10-4-5-10)19-8-6-11(7-9-19)18-24(21,22)13-3-1-2-12-14(13)17-23-16-12/h1-3,10-11,18H,4-9H2. The molecule has 1 aromatic heterocycles. The minimum atomic E-state index is -3.65. The summed E-state index contributed by atoms with van der Waals surface area (Å²) in [6.45, 7) is 1.23. The molecule has 1 aromatic carbocycles. The minimum Gasteiger partial charge on any atom is -0.342 e. The number of benzene rings is 1. The maximum Gasteiger partial charge on any atom is 0.243 e. The Kier molecular flexibility index (Phi) is 4.01. The van der Waals surface area contributed by atoms with E-state index in [1.165, 1.54) is 0 Å². The highest BCUT2D eigenvalue weighted by Gasteiger charge is 2.35. The topological polar surface area (TPSA) is 92.3 Å². The molecule has 2 aromatic rings. The number of nitrogens with zero attached hydrogens (tertiary/aromatic N) is 3. The second-order valence-electron chi connectivity index (χ2n) is 6.38. The maximum absolute atomic E-state index is 12.7. The smallest absolute Gasteiger partial charge is 0.243 e. The van der Waals surface area contributed by atoms with E-state index in [2.05, 4.69) is 13.5 Å². The van der Waals surface area contributed by atoms with Gasteiger partial charge in [0, 0.05) is 25.0 Å². The van der Waals surface area contributed by atoms with Gasteiger partial charge < -0.3 is 4.90 Å². The van der Waals surface area contributed by atoms with E-state index >= 15 is 0 Å². The van der Waals surface area contributed by atoms with Crippen LogP contribution in [0.4, 0.5) is 0 Å². The van der Waals surface area contributed by atoms with E-state index in [0.717, 1.165) is 24.6 Å². The average Bonchev–Trinajstić information content (AvgIpc) is 3.31. The van der Waals surface area contributed by atoms with Crippen molar-refractivity contribution in [2.24, 2.45) is 5.92 Å². The molecule has 24 heavy (non-hydrogen) atoms. The van der Waals surface area contributed by atoms with Gasteiger partial charge in [-0.25, -0.2) is 13.1 Å². The number of likely N-dealkylation sites (tertiary alicyclic amines) is 1. The zero-order valence-electron chi connectivity index (χ0n) is 13.0. The van der Waals surface area contributed by atoms with Crippen molar-refractivity contribution in [1.82, 2.24) is 18.4 Å². The molecule has 1 saturated carbocycles. The van der Waals surface area contributed by atoms with Gasteiger partial charge in [-0.15, -0.1) is 0 Å². The lowest BCUT2D eigenvalue weighted by atomic mass is 10.1. The summed E-state index contributed by atoms with van der Waals surface area (Å²) in [4.78, 5) is 14.1. The van der Waals surface area contributed by atoms with Gasteiger partial charge in [0.25, 0.3) is 0 Å². The highest BCUT2D eigenvalue weighted by Crippen LogP contribution is 2.32. The number of amides is 1. The van der Waals surface area contributed by atoms with Crippen molar-refractivity contribution in [3.63, 3.8) is 0 Å². The first-order chi connectivity index (χ1) is 11.5. The molecule has 2 aliphatic rings. The number of aromatic nitrogens is 2. The predicted octanol–water partition coefficient (Wildman–Crippen LogP) is 1.37. The largest absolute Gasteiger partial charge is 0.342 e. The molecule has 0 bridgehead atoms. The number of rotatable bonds is 4. The molecule has 2 fully saturated rings. The quantitative estimate of drug-likeness (QED) is 0.882. The van der Waals surface area contributed by atoms with Crippen molar-refractivity contribution < 1.29 is 13.2 Å². The van der Waals surface area contributed by atoms with Gasteiger partial charge in [0.2, 0.25) is 15.9 Å². The fourth-order valence-corrected chi connectivity index (χ4v) is 5.16. The highest BCUT2D eigenvalue weighted by atomic mass is 32.2. The van der Waals surface area contributed by atoms with E-state index in [-0.39, 0.29) is 22.8 Å². The lowest BCUT2D eigenvalue weighted by Gasteiger charge is -2.32. The number of carbonyl (C=O) groups excluding carboxylic acids is 1. The molecule has 1 aliphatic heterocycles. The summed E-state index contributed by atoms with van der Waals surface area (Å²) in [5.41, 5.74) is 1.00. The molecular formula is C15H18N4O3S2. The molecule has 2 heterocycles. The molecule has 0 radical (unpaired) electrons. The summed E-state index contributed by atoms with van der Waals surface area (Å²) in [6.07, 6.45) is 3.28. The SMILES string of the molecule is O=C(C1CC1)N1CCC(NS(=O)(=O)c2cccc3nsnc23)CC1. The summed E-state index contributed by atoms with van der Waals surface area (Å²) >= 11 is 1.00. The van der Waals surface area contributed by atoms with Crippen LogP contribution >= 0.6 is 11.7 Å². The molecule has 128 valence electrons. The van der Waals surface area contributed by atoms with Gasteiger partial charge >= 0.3 is 0 Å². The van der Waals surface area contributed by atoms with Crippen LogP contribution in [-0.4, -0.2) is 47.1 Å². The molecule has 0 spiro atoms. The van der Waals surface area contributed by atoms with E-state index < -0.39 is 10.0 Å². The Morgan fingerprint density at radius 3 is 2.62 bits per heavy atom. The number of sulfonamides is 1. The van der Waals surface area contributed by atoms with Crippen molar-refractivity contribution in [1.29, 1.82) is 0 Å². The molecule has 9 heteroatoms.